The first kappa shape index (κ1) is 16.8. The highest BCUT2D eigenvalue weighted by Gasteiger charge is 2.56. The zero-order valence-electron chi connectivity index (χ0n) is 16.4. The number of carbonyl (C=O) groups excluding carboxylic acids is 1. The van der Waals surface area contributed by atoms with Gasteiger partial charge in [-0.2, -0.15) is 0 Å². The number of aromatic amines is 1. The van der Waals surface area contributed by atoms with Gasteiger partial charge in [-0.05, 0) is 61.6 Å². The minimum absolute atomic E-state index is 0.265. The van der Waals surface area contributed by atoms with Crippen molar-refractivity contribution in [2.75, 3.05) is 18.0 Å². The van der Waals surface area contributed by atoms with E-state index in [0.717, 1.165) is 37.4 Å². The second kappa shape index (κ2) is 6.18. The maximum absolute atomic E-state index is 13.6. The lowest BCUT2D eigenvalue weighted by Crippen LogP contribution is -2.62. The Hall–Kier alpha value is -2.14. The molecule has 0 unspecified atom stereocenters. The highest BCUT2D eigenvalue weighted by Crippen LogP contribution is 2.50. The van der Waals surface area contributed by atoms with Crippen LogP contribution >= 0.6 is 0 Å². The van der Waals surface area contributed by atoms with E-state index in [0.29, 0.717) is 12.5 Å². The van der Waals surface area contributed by atoms with Crippen molar-refractivity contribution >= 4 is 11.6 Å². The number of rotatable bonds is 3. The van der Waals surface area contributed by atoms with Gasteiger partial charge in [0.05, 0.1) is 12.2 Å². The number of imidazole rings is 1. The third-order valence-electron chi connectivity index (χ3n) is 7.46. The molecule has 6 rings (SSSR count). The first-order chi connectivity index (χ1) is 13.8. The molecule has 2 N–H and O–H groups in total. The number of benzene rings is 1. The van der Waals surface area contributed by atoms with Crippen LogP contribution in [0.1, 0.15) is 72.8 Å². The molecular weight excluding hydrogens is 348 g/mol. The van der Waals surface area contributed by atoms with Crippen LogP contribution in [0.3, 0.4) is 0 Å². The van der Waals surface area contributed by atoms with E-state index in [4.69, 9.17) is 4.98 Å². The third kappa shape index (κ3) is 2.29. The Morgan fingerprint density at radius 3 is 2.68 bits per heavy atom. The lowest BCUT2D eigenvalue weighted by Gasteiger charge is -2.39. The van der Waals surface area contributed by atoms with E-state index in [1.165, 1.54) is 61.0 Å². The minimum Gasteiger partial charge on any atom is -0.344 e. The van der Waals surface area contributed by atoms with Crippen LogP contribution in [-0.4, -0.2) is 29.0 Å². The summed E-state index contributed by atoms with van der Waals surface area (Å²) in [5.74, 6) is 1.83. The molecule has 5 heteroatoms. The summed E-state index contributed by atoms with van der Waals surface area (Å²) in [6.07, 6.45) is 9.77. The Balaban J connectivity index is 1.40. The molecular formula is C23H28N4O. The molecule has 0 atom stereocenters. The molecule has 5 nitrogen and oxygen atoms in total. The van der Waals surface area contributed by atoms with Crippen LogP contribution in [0.25, 0.3) is 0 Å². The van der Waals surface area contributed by atoms with Crippen LogP contribution in [0.15, 0.2) is 18.2 Å². The van der Waals surface area contributed by atoms with E-state index in [1.807, 2.05) is 4.90 Å². The lowest BCUT2D eigenvalue weighted by molar-refractivity contribution is -0.125. The van der Waals surface area contributed by atoms with Crippen LogP contribution in [0.5, 0.6) is 0 Å². The highest BCUT2D eigenvalue weighted by atomic mass is 16.2. The Morgan fingerprint density at radius 2 is 1.93 bits per heavy atom. The average molecular weight is 377 g/mol. The van der Waals surface area contributed by atoms with Gasteiger partial charge in [0.25, 0.3) is 0 Å². The summed E-state index contributed by atoms with van der Waals surface area (Å²) in [6.45, 7) is 2.11. The van der Waals surface area contributed by atoms with Gasteiger partial charge in [0.1, 0.15) is 11.2 Å². The molecule has 1 amide bonds. The molecule has 4 aliphatic rings. The van der Waals surface area contributed by atoms with Crippen molar-refractivity contribution in [2.24, 2.45) is 0 Å². The molecule has 1 spiro atoms. The van der Waals surface area contributed by atoms with Crippen molar-refractivity contribution in [1.29, 1.82) is 0 Å². The van der Waals surface area contributed by atoms with Gasteiger partial charge in [-0.3, -0.25) is 4.79 Å². The summed E-state index contributed by atoms with van der Waals surface area (Å²) in [7, 11) is 0. The Kier molecular flexibility index (Phi) is 3.70. The molecule has 2 fully saturated rings. The van der Waals surface area contributed by atoms with E-state index in [-0.39, 0.29) is 11.3 Å². The van der Waals surface area contributed by atoms with Gasteiger partial charge >= 0.3 is 0 Å². The van der Waals surface area contributed by atoms with Gasteiger partial charge < -0.3 is 15.2 Å². The zero-order chi connectivity index (χ0) is 18.7. The van der Waals surface area contributed by atoms with Gasteiger partial charge in [0.15, 0.2) is 0 Å². The van der Waals surface area contributed by atoms with Gasteiger partial charge in [-0.15, -0.1) is 0 Å². The molecule has 2 aliphatic carbocycles. The van der Waals surface area contributed by atoms with E-state index in [2.05, 4.69) is 28.5 Å². The minimum atomic E-state index is -0.347. The fraction of sp³-hybridized carbons (Fsp3) is 0.565. The first-order valence-electron chi connectivity index (χ1n) is 11.0. The predicted octanol–water partition coefficient (Wildman–Crippen LogP) is 3.33. The third-order valence-corrected chi connectivity index (χ3v) is 7.46. The van der Waals surface area contributed by atoms with Crippen molar-refractivity contribution in [2.45, 2.75) is 69.2 Å². The first-order valence-corrected chi connectivity index (χ1v) is 11.0. The summed E-state index contributed by atoms with van der Waals surface area (Å²) in [5, 5.41) is 3.39. The van der Waals surface area contributed by atoms with E-state index >= 15 is 0 Å². The molecule has 1 saturated heterocycles. The molecule has 0 bridgehead atoms. The number of hydrogen-bond donors (Lipinski definition) is 2. The summed E-state index contributed by atoms with van der Waals surface area (Å²) >= 11 is 0. The number of carbonyl (C=O) groups is 1. The molecule has 0 radical (unpaired) electrons. The number of anilines is 1. The summed E-state index contributed by atoms with van der Waals surface area (Å²) in [6, 6.07) is 6.60. The second-order valence-corrected chi connectivity index (χ2v) is 9.12. The van der Waals surface area contributed by atoms with Gasteiger partial charge in [0.2, 0.25) is 5.91 Å². The Bertz CT molecular complexity index is 913. The summed E-state index contributed by atoms with van der Waals surface area (Å²) in [4.78, 5) is 24.0. The molecule has 1 aromatic carbocycles. The molecule has 2 aliphatic heterocycles. The normalized spacial score (nSPS) is 23.1. The van der Waals surface area contributed by atoms with Gasteiger partial charge in [-0.25, -0.2) is 4.98 Å². The molecule has 1 saturated carbocycles. The molecule has 146 valence electrons. The molecule has 2 aromatic rings. The highest BCUT2D eigenvalue weighted by molar-refractivity contribution is 6.09. The number of hydrogen-bond acceptors (Lipinski definition) is 3. The number of nitrogens with one attached hydrogen (secondary N) is 2. The fourth-order valence-electron chi connectivity index (χ4n) is 5.95. The zero-order valence-corrected chi connectivity index (χ0v) is 16.4. The monoisotopic (exact) mass is 376 g/mol. The smallest absolute Gasteiger partial charge is 0.240 e. The van der Waals surface area contributed by atoms with Crippen molar-refractivity contribution in [3.05, 3.63) is 46.5 Å². The van der Waals surface area contributed by atoms with Crippen LogP contribution in [0, 0.1) is 0 Å². The number of nitrogens with zero attached hydrogens (tertiary/aromatic N) is 2. The standard InChI is InChI=1S/C23H28N4O/c28-22-23(13-24-14-23)21-16(15-6-1-2-7-15)8-5-11-19(21)27(22)12-20-25-17-9-3-4-10-18(17)26-20/h5,8,11,15,24H,1-4,6-7,9-10,12-14H2,(H,25,26). The number of aryl methyl sites for hydroxylation is 2. The molecule has 1 aromatic heterocycles. The fourth-order valence-corrected chi connectivity index (χ4v) is 5.95. The second-order valence-electron chi connectivity index (χ2n) is 9.12. The van der Waals surface area contributed by atoms with E-state index in [1.54, 1.807) is 0 Å². The van der Waals surface area contributed by atoms with Crippen molar-refractivity contribution in [3.63, 3.8) is 0 Å². The largest absolute Gasteiger partial charge is 0.344 e. The maximum atomic E-state index is 13.6. The van der Waals surface area contributed by atoms with E-state index < -0.39 is 0 Å². The van der Waals surface area contributed by atoms with Crippen molar-refractivity contribution < 1.29 is 4.79 Å². The maximum Gasteiger partial charge on any atom is 0.240 e. The molecule has 28 heavy (non-hydrogen) atoms. The number of H-pyrrole nitrogens is 1. The number of amides is 1. The van der Waals surface area contributed by atoms with E-state index in [9.17, 15) is 4.79 Å². The lowest BCUT2D eigenvalue weighted by atomic mass is 9.72. The molecule has 3 heterocycles. The predicted molar refractivity (Wildman–Crippen MR) is 109 cm³/mol. The Morgan fingerprint density at radius 1 is 1.11 bits per heavy atom. The van der Waals surface area contributed by atoms with Crippen LogP contribution < -0.4 is 10.2 Å². The Labute approximate surface area is 165 Å². The SMILES string of the molecule is O=C1N(Cc2nc3c([nH]2)CCCC3)c2cccc(C3CCCC3)c2C12CNC2. The number of fused-ring (bicyclic) bond motifs is 3. The van der Waals surface area contributed by atoms with Crippen molar-refractivity contribution in [1.82, 2.24) is 15.3 Å². The summed E-state index contributed by atoms with van der Waals surface area (Å²) < 4.78 is 0. The quantitative estimate of drug-likeness (QED) is 0.864. The van der Waals surface area contributed by atoms with Crippen molar-refractivity contribution in [3.8, 4) is 0 Å². The van der Waals surface area contributed by atoms with Crippen LogP contribution in [0.4, 0.5) is 5.69 Å². The van der Waals surface area contributed by atoms with Gasteiger partial charge in [-0.1, -0.05) is 25.0 Å². The number of aromatic nitrogens is 2. The summed E-state index contributed by atoms with van der Waals surface area (Å²) in [5.41, 5.74) is 6.04. The topological polar surface area (TPSA) is 61.0 Å². The van der Waals surface area contributed by atoms with Crippen LogP contribution in [-0.2, 0) is 29.6 Å². The average Bonchev–Trinajstić information content (AvgIpc) is 3.39. The van der Waals surface area contributed by atoms with Gasteiger partial charge in [0, 0.05) is 24.5 Å². The van der Waals surface area contributed by atoms with Crippen LogP contribution in [0.2, 0.25) is 0 Å².